The van der Waals surface area contributed by atoms with Gasteiger partial charge in [-0.05, 0) is 6.42 Å². The highest BCUT2D eigenvalue weighted by atomic mass is 28.4. The number of carbonyl (C=O) groups is 4. The summed E-state index contributed by atoms with van der Waals surface area (Å²) < 4.78 is 14.6. The molecule has 0 bridgehead atoms. The normalized spacial score (nSPS) is 11.5. The molecule has 0 atom stereocenters. The SMILES string of the molecule is CCC=C(C=O)[Si](OC(C)=O)(OC(C)=O)OC(C)=O. The number of allylic oxidation sites excluding steroid dienone is 2. The summed E-state index contributed by atoms with van der Waals surface area (Å²) in [5.74, 6) is -2.46. The van der Waals surface area contributed by atoms with Crippen LogP contribution in [0, 0.1) is 0 Å². The van der Waals surface area contributed by atoms with E-state index in [4.69, 9.17) is 13.3 Å². The molecule has 0 radical (unpaired) electrons. The molecule has 0 saturated carbocycles. The van der Waals surface area contributed by atoms with Gasteiger partial charge >= 0.3 is 8.80 Å². The summed E-state index contributed by atoms with van der Waals surface area (Å²) in [4.78, 5) is 44.5. The fourth-order valence-corrected chi connectivity index (χ4v) is 3.48. The molecule has 106 valence electrons. The van der Waals surface area contributed by atoms with Gasteiger partial charge in [-0.2, -0.15) is 0 Å². The molecule has 7 nitrogen and oxygen atoms in total. The third kappa shape index (κ3) is 5.47. The Morgan fingerprint density at radius 3 is 1.53 bits per heavy atom. The molecule has 0 aliphatic heterocycles. The lowest BCUT2D eigenvalue weighted by atomic mass is 10.4. The highest BCUT2D eigenvalue weighted by Crippen LogP contribution is 2.20. The summed E-state index contributed by atoms with van der Waals surface area (Å²) in [6.07, 6.45) is 2.14. The molecule has 0 rings (SSSR count). The molecule has 0 fully saturated rings. The second-order valence-corrected chi connectivity index (χ2v) is 5.82. The lowest BCUT2D eigenvalue weighted by Crippen LogP contribution is -2.52. The smallest absolute Gasteiger partial charge is 0.452 e. The number of rotatable bonds is 6. The van der Waals surface area contributed by atoms with Crippen molar-refractivity contribution in [1.82, 2.24) is 0 Å². The maximum atomic E-state index is 11.1. The molecule has 0 heterocycles. The first-order chi connectivity index (χ1) is 8.77. The summed E-state index contributed by atoms with van der Waals surface area (Å²) in [6.45, 7) is 4.90. The topological polar surface area (TPSA) is 96.0 Å². The molecule has 0 amide bonds. The summed E-state index contributed by atoms with van der Waals surface area (Å²) >= 11 is 0. The van der Waals surface area contributed by atoms with Gasteiger partial charge in [0.1, 0.15) is 0 Å². The number of hydrogen-bond donors (Lipinski definition) is 0. The lowest BCUT2D eigenvalue weighted by Gasteiger charge is -2.25. The van der Waals surface area contributed by atoms with Crippen molar-refractivity contribution < 1.29 is 32.5 Å². The van der Waals surface area contributed by atoms with E-state index in [2.05, 4.69) is 0 Å². The Morgan fingerprint density at radius 1 is 0.947 bits per heavy atom. The molecule has 0 aromatic carbocycles. The summed E-state index contributed by atoms with van der Waals surface area (Å²) in [6, 6.07) is 0. The molecule has 0 aliphatic carbocycles. The second kappa shape index (κ2) is 7.47. The predicted molar refractivity (Wildman–Crippen MR) is 65.5 cm³/mol. The van der Waals surface area contributed by atoms with E-state index >= 15 is 0 Å². The zero-order valence-corrected chi connectivity index (χ0v) is 12.2. The van der Waals surface area contributed by atoms with Crippen molar-refractivity contribution >= 4 is 33.0 Å². The summed E-state index contributed by atoms with van der Waals surface area (Å²) in [7, 11) is -4.19. The molecule has 8 heteroatoms. The highest BCUT2D eigenvalue weighted by Gasteiger charge is 2.56. The van der Waals surface area contributed by atoms with Crippen LogP contribution in [0.15, 0.2) is 11.3 Å². The van der Waals surface area contributed by atoms with Crippen LogP contribution in [0.4, 0.5) is 0 Å². The fourth-order valence-electron chi connectivity index (χ4n) is 1.27. The van der Waals surface area contributed by atoms with Crippen LogP contribution in [0.2, 0.25) is 0 Å². The molecule has 19 heavy (non-hydrogen) atoms. The minimum Gasteiger partial charge on any atom is -0.452 e. The van der Waals surface area contributed by atoms with E-state index in [-0.39, 0.29) is 5.20 Å². The molecule has 0 N–H and O–H groups in total. The van der Waals surface area contributed by atoms with Gasteiger partial charge in [-0.25, -0.2) is 0 Å². The van der Waals surface area contributed by atoms with Crippen molar-refractivity contribution in [3.8, 4) is 0 Å². The highest BCUT2D eigenvalue weighted by molar-refractivity contribution is 6.76. The van der Waals surface area contributed by atoms with E-state index in [1.165, 1.54) is 6.08 Å². The summed E-state index contributed by atoms with van der Waals surface area (Å²) in [5.41, 5.74) is 0. The molecular formula is C11H16O7Si. The number of aldehydes is 1. The van der Waals surface area contributed by atoms with Gasteiger partial charge in [-0.3, -0.25) is 19.2 Å². The van der Waals surface area contributed by atoms with Crippen LogP contribution in [-0.2, 0) is 32.5 Å². The Labute approximate surface area is 111 Å². The average molecular weight is 288 g/mol. The van der Waals surface area contributed by atoms with Gasteiger partial charge in [-0.1, -0.05) is 13.0 Å². The van der Waals surface area contributed by atoms with Gasteiger partial charge in [0, 0.05) is 20.8 Å². The third-order valence-electron chi connectivity index (χ3n) is 1.74. The molecule has 0 aromatic rings. The standard InChI is InChI=1S/C11H16O7Si/c1-5-6-11(7-12)19(16-8(2)13,17-9(3)14)18-10(4)15/h6-7H,5H2,1-4H3. The van der Waals surface area contributed by atoms with E-state index in [1.807, 2.05) is 0 Å². The van der Waals surface area contributed by atoms with E-state index in [0.29, 0.717) is 12.7 Å². The first kappa shape index (κ1) is 17.0. The second-order valence-electron chi connectivity index (χ2n) is 3.52. The summed E-state index contributed by atoms with van der Waals surface area (Å²) in [5, 5.41) is -0.143. The zero-order valence-electron chi connectivity index (χ0n) is 11.2. The average Bonchev–Trinajstić information content (AvgIpc) is 2.22. The van der Waals surface area contributed by atoms with Crippen molar-refractivity contribution in [1.29, 1.82) is 0 Å². The maximum absolute atomic E-state index is 11.1. The van der Waals surface area contributed by atoms with Gasteiger partial charge < -0.3 is 13.3 Å². The molecule has 0 unspecified atom stereocenters. The van der Waals surface area contributed by atoms with E-state index < -0.39 is 26.7 Å². The van der Waals surface area contributed by atoms with Crippen molar-refractivity contribution in [3.05, 3.63) is 11.3 Å². The molecule has 0 spiro atoms. The fraction of sp³-hybridized carbons (Fsp3) is 0.455. The van der Waals surface area contributed by atoms with Crippen LogP contribution < -0.4 is 0 Å². The van der Waals surface area contributed by atoms with Gasteiger partial charge in [0.05, 0.1) is 5.20 Å². The molecule has 0 aromatic heterocycles. The van der Waals surface area contributed by atoms with Gasteiger partial charge in [0.15, 0.2) is 6.29 Å². The quantitative estimate of drug-likeness (QED) is 0.403. The third-order valence-corrected chi connectivity index (χ3v) is 4.44. The van der Waals surface area contributed by atoms with Gasteiger partial charge in [0.2, 0.25) is 0 Å². The number of carbonyl (C=O) groups excluding carboxylic acids is 4. The molecule has 0 saturated heterocycles. The van der Waals surface area contributed by atoms with Crippen molar-refractivity contribution in [3.63, 3.8) is 0 Å². The van der Waals surface area contributed by atoms with Crippen LogP contribution in [0.25, 0.3) is 0 Å². The molecule has 0 aliphatic rings. The van der Waals surface area contributed by atoms with Crippen LogP contribution in [0.5, 0.6) is 0 Å². The Kier molecular flexibility index (Phi) is 6.70. The Hall–Kier alpha value is -1.96. The van der Waals surface area contributed by atoms with Crippen LogP contribution in [0.1, 0.15) is 34.1 Å². The van der Waals surface area contributed by atoms with Gasteiger partial charge in [-0.15, -0.1) is 0 Å². The Morgan fingerprint density at radius 2 is 1.32 bits per heavy atom. The minimum atomic E-state index is -4.19. The Balaban J connectivity index is 5.75. The largest absolute Gasteiger partial charge is 0.745 e. The monoisotopic (exact) mass is 288 g/mol. The van der Waals surface area contributed by atoms with Crippen molar-refractivity contribution in [2.75, 3.05) is 0 Å². The van der Waals surface area contributed by atoms with E-state index in [1.54, 1.807) is 6.92 Å². The number of hydrogen-bond acceptors (Lipinski definition) is 7. The Bertz CT molecular complexity index is 372. The van der Waals surface area contributed by atoms with E-state index in [0.717, 1.165) is 20.8 Å². The van der Waals surface area contributed by atoms with Gasteiger partial charge in [0.25, 0.3) is 17.9 Å². The lowest BCUT2D eigenvalue weighted by molar-refractivity contribution is -0.147. The van der Waals surface area contributed by atoms with Crippen LogP contribution >= 0.6 is 0 Å². The first-order valence-electron chi connectivity index (χ1n) is 5.52. The maximum Gasteiger partial charge on any atom is 0.745 e. The van der Waals surface area contributed by atoms with Crippen molar-refractivity contribution in [2.24, 2.45) is 0 Å². The predicted octanol–water partition coefficient (Wildman–Crippen LogP) is 0.689. The first-order valence-corrected chi connectivity index (χ1v) is 7.24. The van der Waals surface area contributed by atoms with Crippen LogP contribution in [-0.4, -0.2) is 33.0 Å². The van der Waals surface area contributed by atoms with Crippen molar-refractivity contribution in [2.45, 2.75) is 34.1 Å². The zero-order chi connectivity index (χ0) is 15.1. The van der Waals surface area contributed by atoms with E-state index in [9.17, 15) is 19.2 Å². The molecular weight excluding hydrogens is 272 g/mol. The van der Waals surface area contributed by atoms with Crippen LogP contribution in [0.3, 0.4) is 0 Å². The minimum absolute atomic E-state index is 0.143.